The number of hydrogen-bond acceptors (Lipinski definition) is 13. The fraction of sp³-hybridized carbons (Fsp3) is 0.323. The number of nitrogen functional groups attached to an aromatic ring is 1. The summed E-state index contributed by atoms with van der Waals surface area (Å²) in [4.78, 5) is 49.8. The number of fused-ring (bicyclic) bond motifs is 1. The van der Waals surface area contributed by atoms with Crippen molar-refractivity contribution in [1.82, 2.24) is 19.6 Å². The Hall–Kier alpha value is -4.34. The standard InChI is InChI=1S/C31H32N6O6S3/c1-17-16-45-28-22(33-26(39)21(25-34-30(32)46-36-25)35-41-15-20(38)43-31(2,3)4)27(40)37(28)23(17)29(44)42-24(18-11-7-5-8-12-18)19-13-9-6-10-14-19/h5-14,22,24,28H,15-16H2,1-4H3,(H,33,39)(H2,32,34,36)/t22?,28-/m1/s1. The van der Waals surface area contributed by atoms with E-state index in [-0.39, 0.29) is 27.6 Å². The lowest BCUT2D eigenvalue weighted by atomic mass is 10.0. The lowest BCUT2D eigenvalue weighted by molar-refractivity contribution is -0.160. The van der Waals surface area contributed by atoms with Crippen molar-refractivity contribution in [3.8, 4) is 0 Å². The van der Waals surface area contributed by atoms with Gasteiger partial charge in [-0.2, -0.15) is 9.36 Å². The molecule has 12 nitrogen and oxygen atoms in total. The molecule has 1 aromatic heterocycles. The van der Waals surface area contributed by atoms with Gasteiger partial charge in [-0.3, -0.25) is 14.5 Å². The lowest BCUT2D eigenvalue weighted by Crippen LogP contribution is -2.71. The molecule has 5 rings (SSSR count). The molecule has 3 N–H and O–H groups in total. The minimum Gasteiger partial charge on any atom is -0.469 e. The molecule has 0 radical (unpaired) electrons. The van der Waals surface area contributed by atoms with E-state index in [0.29, 0.717) is 11.4 Å². The molecule has 2 aliphatic rings. The van der Waals surface area contributed by atoms with Gasteiger partial charge in [0.1, 0.15) is 23.1 Å². The number of ether oxygens (including phenoxy) is 2. The number of carbonyl (C=O) groups is 3. The van der Waals surface area contributed by atoms with Gasteiger partial charge >= 0.3 is 5.97 Å². The third kappa shape index (κ3) is 7.54. The number of anilines is 1. The second kappa shape index (κ2) is 14.0. The van der Waals surface area contributed by atoms with Gasteiger partial charge in [0.25, 0.3) is 11.8 Å². The summed E-state index contributed by atoms with van der Waals surface area (Å²) in [6.07, 6.45) is -0.493. The van der Waals surface area contributed by atoms with Gasteiger partial charge in [-0.05, 0) is 56.6 Å². The topological polar surface area (TPSA) is 158 Å². The lowest BCUT2D eigenvalue weighted by Gasteiger charge is -2.50. The molecule has 2 aliphatic heterocycles. The number of benzene rings is 2. The highest BCUT2D eigenvalue weighted by Gasteiger charge is 2.53. The first-order chi connectivity index (χ1) is 21.9. The monoisotopic (exact) mass is 680 g/mol. The van der Waals surface area contributed by atoms with E-state index < -0.39 is 41.6 Å². The zero-order chi connectivity index (χ0) is 33.0. The molecule has 1 unspecified atom stereocenters. The minimum atomic E-state index is -0.908. The Labute approximate surface area is 279 Å². The second-order valence-corrected chi connectivity index (χ2v) is 13.6. The number of rotatable bonds is 10. The van der Waals surface area contributed by atoms with Crippen molar-refractivity contribution < 1.29 is 28.7 Å². The average molecular weight is 681 g/mol. The van der Waals surface area contributed by atoms with E-state index in [1.165, 1.54) is 11.8 Å². The number of aromatic nitrogens is 2. The average Bonchev–Trinajstić information content (AvgIpc) is 3.45. The van der Waals surface area contributed by atoms with Gasteiger partial charge in [0.15, 0.2) is 5.13 Å². The van der Waals surface area contributed by atoms with Crippen LogP contribution in [0, 0.1) is 0 Å². The first kappa shape index (κ1) is 33.0. The van der Waals surface area contributed by atoms with E-state index in [9.17, 15) is 14.4 Å². The van der Waals surface area contributed by atoms with Crippen LogP contribution in [0.15, 0.2) is 77.1 Å². The highest BCUT2D eigenvalue weighted by Crippen LogP contribution is 2.41. The number of oxime groups is 1. The number of nitrogens with two attached hydrogens (primary N) is 1. The van der Waals surface area contributed by atoms with E-state index in [1.807, 2.05) is 67.6 Å². The number of carbonyl (C=O) groups excluding carboxylic acids is 3. The van der Waals surface area contributed by atoms with Crippen molar-refractivity contribution in [3.63, 3.8) is 0 Å². The van der Waals surface area contributed by atoms with Crippen molar-refractivity contribution in [3.05, 3.63) is 88.9 Å². The number of thiocarbonyl (C=S) groups is 1. The summed E-state index contributed by atoms with van der Waals surface area (Å²) in [5.41, 5.74) is 7.86. The molecule has 0 spiro atoms. The second-order valence-electron chi connectivity index (χ2n) is 11.4. The zero-order valence-electron chi connectivity index (χ0n) is 25.5. The van der Waals surface area contributed by atoms with Crippen molar-refractivity contribution >= 4 is 69.2 Å². The highest BCUT2D eigenvalue weighted by atomic mass is 32.2. The van der Waals surface area contributed by atoms with Crippen LogP contribution in [0.2, 0.25) is 0 Å². The maximum absolute atomic E-state index is 13.6. The number of amides is 2. The number of nitrogens with one attached hydrogen (secondary N) is 1. The molecule has 46 heavy (non-hydrogen) atoms. The highest BCUT2D eigenvalue weighted by molar-refractivity contribution is 8.00. The third-order valence-electron chi connectivity index (χ3n) is 6.70. The fourth-order valence-electron chi connectivity index (χ4n) is 4.75. The molecule has 0 bridgehead atoms. The van der Waals surface area contributed by atoms with Gasteiger partial charge in [0.05, 0.1) is 5.70 Å². The molecule has 2 atom stereocenters. The quantitative estimate of drug-likeness (QED) is 0.105. The van der Waals surface area contributed by atoms with Crippen LogP contribution in [0.5, 0.6) is 0 Å². The van der Waals surface area contributed by atoms with Crippen LogP contribution >= 0.6 is 35.5 Å². The Morgan fingerprint density at radius 2 is 1.76 bits per heavy atom. The fourth-order valence-corrected chi connectivity index (χ4v) is 6.85. The first-order valence-corrected chi connectivity index (χ1v) is 16.4. The summed E-state index contributed by atoms with van der Waals surface area (Å²) < 4.78 is 15.7. The summed E-state index contributed by atoms with van der Waals surface area (Å²) >= 11 is 8.15. The van der Waals surface area contributed by atoms with Crippen LogP contribution in [0.1, 0.15) is 50.8 Å². The van der Waals surface area contributed by atoms with E-state index in [1.54, 1.807) is 25.7 Å². The summed E-state index contributed by atoms with van der Waals surface area (Å²) in [6.45, 7) is 6.48. The van der Waals surface area contributed by atoms with E-state index >= 15 is 0 Å². The van der Waals surface area contributed by atoms with Gasteiger partial charge in [-0.25, -0.2) is 4.79 Å². The summed E-state index contributed by atoms with van der Waals surface area (Å²) in [7, 11) is 0. The van der Waals surface area contributed by atoms with E-state index in [4.69, 9.17) is 32.3 Å². The summed E-state index contributed by atoms with van der Waals surface area (Å²) in [5, 5.41) is 6.35. The molecule has 15 heteroatoms. The van der Waals surface area contributed by atoms with Gasteiger partial charge in [0, 0.05) is 17.3 Å². The Balaban J connectivity index is 1.31. The van der Waals surface area contributed by atoms with Crippen molar-refractivity contribution in [2.24, 2.45) is 5.16 Å². The zero-order valence-corrected chi connectivity index (χ0v) is 27.9. The molecule has 0 saturated carbocycles. The van der Waals surface area contributed by atoms with Gasteiger partial charge in [-0.1, -0.05) is 65.8 Å². The molecule has 0 aliphatic carbocycles. The summed E-state index contributed by atoms with van der Waals surface area (Å²) in [5.74, 6) is -1.38. The maximum atomic E-state index is 13.6. The Morgan fingerprint density at radius 3 is 2.33 bits per heavy atom. The number of hydrogen-bond donors (Lipinski definition) is 2. The predicted octanol–water partition coefficient (Wildman–Crippen LogP) is 3.99. The van der Waals surface area contributed by atoms with Crippen LogP contribution in [-0.4, -0.2) is 72.2 Å². The number of esters is 1. The molecule has 240 valence electrons. The van der Waals surface area contributed by atoms with Gasteiger partial charge in [0.2, 0.25) is 23.2 Å². The smallest absolute Gasteiger partial charge is 0.347 e. The van der Waals surface area contributed by atoms with Crippen LogP contribution in [0.25, 0.3) is 0 Å². The maximum Gasteiger partial charge on any atom is 0.347 e. The summed E-state index contributed by atoms with van der Waals surface area (Å²) in [6, 6.07) is 18.5. The molecule has 3 aromatic rings. The third-order valence-corrected chi connectivity index (χ3v) is 8.95. The van der Waals surface area contributed by atoms with Crippen LogP contribution in [-0.2, 0) is 28.7 Å². The van der Waals surface area contributed by atoms with E-state index in [0.717, 1.165) is 28.2 Å². The molecule has 1 fully saturated rings. The Morgan fingerprint density at radius 1 is 1.13 bits per heavy atom. The van der Waals surface area contributed by atoms with Crippen molar-refractivity contribution in [2.45, 2.75) is 50.8 Å². The normalized spacial score (nSPS) is 18.1. The number of β-lactam (4-membered cyclic amide) rings is 1. The molecular formula is C31H32N6O6S3. The molecule has 1 saturated heterocycles. The number of nitrogens with zero attached hydrogens (tertiary/aromatic N) is 4. The minimum absolute atomic E-state index is 0.0967. The van der Waals surface area contributed by atoms with Gasteiger partial charge < -0.3 is 25.4 Å². The van der Waals surface area contributed by atoms with Crippen LogP contribution in [0.3, 0.4) is 0 Å². The molecule has 3 heterocycles. The number of thioether (sulfide) groups is 1. The van der Waals surface area contributed by atoms with Gasteiger partial charge in [-0.15, -0.1) is 11.8 Å². The van der Waals surface area contributed by atoms with Crippen molar-refractivity contribution in [1.29, 1.82) is 0 Å². The SMILES string of the molecule is CC1=C(C(=S)OC(c2ccccc2)c2ccccc2)N2C(=O)C(NC(=O)C(=NOCC(=O)OC(C)(C)C)c3nsc(N)n3)[C@H]2SC1. The first-order valence-electron chi connectivity index (χ1n) is 14.2. The molecule has 2 amide bonds. The Kier molecular flexibility index (Phi) is 10.0. The Bertz CT molecular complexity index is 1650. The van der Waals surface area contributed by atoms with Crippen LogP contribution in [0.4, 0.5) is 5.13 Å². The van der Waals surface area contributed by atoms with E-state index in [2.05, 4.69) is 19.8 Å². The molecular weight excluding hydrogens is 649 g/mol. The largest absolute Gasteiger partial charge is 0.469 e. The van der Waals surface area contributed by atoms with Crippen LogP contribution < -0.4 is 11.1 Å². The predicted molar refractivity (Wildman–Crippen MR) is 179 cm³/mol. The molecule has 2 aromatic carbocycles. The van der Waals surface area contributed by atoms with Crippen molar-refractivity contribution in [2.75, 3.05) is 18.1 Å².